The summed E-state index contributed by atoms with van der Waals surface area (Å²) in [6, 6.07) is 5.88. The predicted molar refractivity (Wildman–Crippen MR) is 63.9 cm³/mol. The van der Waals surface area contributed by atoms with Crippen molar-refractivity contribution in [2.24, 2.45) is 0 Å². The lowest BCUT2D eigenvalue weighted by molar-refractivity contribution is -0.119. The second-order valence-corrected chi connectivity index (χ2v) is 5.04. The van der Waals surface area contributed by atoms with Gasteiger partial charge in [-0.3, -0.25) is 4.79 Å². The normalized spacial score (nSPS) is 27.4. The SMILES string of the molecule is O=C1CC2(CCNc3ccc(Cl)cc32)CN1. The molecule has 1 aromatic carbocycles. The Morgan fingerprint density at radius 1 is 1.31 bits per heavy atom. The van der Waals surface area contributed by atoms with E-state index in [2.05, 4.69) is 10.6 Å². The van der Waals surface area contributed by atoms with Crippen molar-refractivity contribution in [3.05, 3.63) is 28.8 Å². The van der Waals surface area contributed by atoms with E-state index in [-0.39, 0.29) is 11.3 Å². The van der Waals surface area contributed by atoms with Crippen LogP contribution in [0.3, 0.4) is 0 Å². The van der Waals surface area contributed by atoms with E-state index in [1.165, 1.54) is 5.56 Å². The molecule has 84 valence electrons. The van der Waals surface area contributed by atoms with Crippen LogP contribution in [-0.2, 0) is 10.2 Å². The van der Waals surface area contributed by atoms with E-state index >= 15 is 0 Å². The molecule has 1 fully saturated rings. The van der Waals surface area contributed by atoms with Crippen molar-refractivity contribution in [1.82, 2.24) is 5.32 Å². The van der Waals surface area contributed by atoms with Crippen molar-refractivity contribution in [3.63, 3.8) is 0 Å². The lowest BCUT2D eigenvalue weighted by atomic mass is 9.74. The fourth-order valence-electron chi connectivity index (χ4n) is 2.75. The first-order valence-corrected chi connectivity index (χ1v) is 5.88. The molecule has 2 N–H and O–H groups in total. The monoisotopic (exact) mass is 236 g/mol. The van der Waals surface area contributed by atoms with E-state index in [4.69, 9.17) is 11.6 Å². The molecule has 16 heavy (non-hydrogen) atoms. The molecule has 1 spiro atoms. The van der Waals surface area contributed by atoms with Crippen LogP contribution < -0.4 is 10.6 Å². The zero-order valence-electron chi connectivity index (χ0n) is 8.85. The summed E-state index contributed by atoms with van der Waals surface area (Å²) in [5.41, 5.74) is 2.26. The summed E-state index contributed by atoms with van der Waals surface area (Å²) in [6.07, 6.45) is 1.57. The zero-order valence-corrected chi connectivity index (χ0v) is 9.60. The summed E-state index contributed by atoms with van der Waals surface area (Å²) in [6.45, 7) is 1.66. The third-order valence-corrected chi connectivity index (χ3v) is 3.83. The first kappa shape index (κ1) is 9.97. The second kappa shape index (κ2) is 3.39. The number of nitrogens with one attached hydrogen (secondary N) is 2. The molecule has 3 rings (SSSR count). The Morgan fingerprint density at radius 3 is 2.94 bits per heavy atom. The van der Waals surface area contributed by atoms with Gasteiger partial charge in [0.25, 0.3) is 0 Å². The van der Waals surface area contributed by atoms with Gasteiger partial charge in [0.05, 0.1) is 0 Å². The zero-order chi connectivity index (χ0) is 11.2. The molecular formula is C12H13ClN2O. The first-order chi connectivity index (χ1) is 7.70. The molecule has 2 aliphatic rings. The average molecular weight is 237 g/mol. The Balaban J connectivity index is 2.11. The number of benzene rings is 1. The number of anilines is 1. The van der Waals surface area contributed by atoms with Gasteiger partial charge in [0.1, 0.15) is 0 Å². The van der Waals surface area contributed by atoms with E-state index in [1.54, 1.807) is 0 Å². The maximum Gasteiger partial charge on any atom is 0.220 e. The van der Waals surface area contributed by atoms with E-state index in [9.17, 15) is 4.79 Å². The number of halogens is 1. The highest BCUT2D eigenvalue weighted by Crippen LogP contribution is 2.42. The smallest absolute Gasteiger partial charge is 0.220 e. The third-order valence-electron chi connectivity index (χ3n) is 3.59. The molecule has 0 saturated carbocycles. The van der Waals surface area contributed by atoms with Crippen LogP contribution in [0.15, 0.2) is 18.2 Å². The molecule has 0 bridgehead atoms. The van der Waals surface area contributed by atoms with Crippen LogP contribution in [0.5, 0.6) is 0 Å². The highest BCUT2D eigenvalue weighted by Gasteiger charge is 2.42. The van der Waals surface area contributed by atoms with Gasteiger partial charge in [0.15, 0.2) is 0 Å². The van der Waals surface area contributed by atoms with Crippen LogP contribution in [0.25, 0.3) is 0 Å². The number of carbonyl (C=O) groups is 1. The van der Waals surface area contributed by atoms with Gasteiger partial charge >= 0.3 is 0 Å². The molecule has 1 atom stereocenters. The van der Waals surface area contributed by atoms with Crippen LogP contribution in [0, 0.1) is 0 Å². The summed E-state index contributed by atoms with van der Waals surface area (Å²) >= 11 is 6.04. The van der Waals surface area contributed by atoms with Gasteiger partial charge < -0.3 is 10.6 Å². The first-order valence-electron chi connectivity index (χ1n) is 5.50. The highest BCUT2D eigenvalue weighted by molar-refractivity contribution is 6.30. The number of hydrogen-bond donors (Lipinski definition) is 2. The minimum absolute atomic E-state index is 0.0391. The number of carbonyl (C=O) groups excluding carboxylic acids is 1. The van der Waals surface area contributed by atoms with E-state index in [0.717, 1.165) is 30.2 Å². The maximum absolute atomic E-state index is 11.4. The van der Waals surface area contributed by atoms with E-state index in [1.807, 2.05) is 18.2 Å². The molecular weight excluding hydrogens is 224 g/mol. The van der Waals surface area contributed by atoms with Crippen LogP contribution in [0.1, 0.15) is 18.4 Å². The maximum atomic E-state index is 11.4. The third kappa shape index (κ3) is 1.39. The summed E-state index contributed by atoms with van der Waals surface area (Å²) < 4.78 is 0. The predicted octanol–water partition coefficient (Wildman–Crippen LogP) is 1.91. The van der Waals surface area contributed by atoms with Crippen molar-refractivity contribution in [1.29, 1.82) is 0 Å². The molecule has 0 aliphatic carbocycles. The molecule has 1 amide bonds. The van der Waals surface area contributed by atoms with Crippen LogP contribution in [0.2, 0.25) is 5.02 Å². The van der Waals surface area contributed by atoms with Crippen molar-refractivity contribution in [3.8, 4) is 0 Å². The number of fused-ring (bicyclic) bond motifs is 2. The van der Waals surface area contributed by atoms with Crippen LogP contribution >= 0.6 is 11.6 Å². The van der Waals surface area contributed by atoms with Crippen molar-refractivity contribution >= 4 is 23.2 Å². The Labute approximate surface area is 99.2 Å². The Kier molecular flexibility index (Phi) is 2.11. The average Bonchev–Trinajstić information content (AvgIpc) is 2.63. The van der Waals surface area contributed by atoms with Gasteiger partial charge in [-0.1, -0.05) is 11.6 Å². The molecule has 2 aliphatic heterocycles. The van der Waals surface area contributed by atoms with Gasteiger partial charge in [-0.05, 0) is 30.2 Å². The molecule has 3 nitrogen and oxygen atoms in total. The standard InChI is InChI=1S/C12H13ClN2O/c13-8-1-2-10-9(5-8)12(3-4-14-10)6-11(16)15-7-12/h1-2,5,14H,3-4,6-7H2,(H,15,16). The van der Waals surface area contributed by atoms with Gasteiger partial charge in [-0.2, -0.15) is 0 Å². The topological polar surface area (TPSA) is 41.1 Å². The summed E-state index contributed by atoms with van der Waals surface area (Å²) in [5.74, 6) is 0.146. The van der Waals surface area contributed by atoms with E-state index < -0.39 is 0 Å². The van der Waals surface area contributed by atoms with Crippen molar-refractivity contribution in [2.75, 3.05) is 18.4 Å². The number of amides is 1. The van der Waals surface area contributed by atoms with Gasteiger partial charge in [0, 0.05) is 35.6 Å². The summed E-state index contributed by atoms with van der Waals surface area (Å²) in [4.78, 5) is 11.4. The summed E-state index contributed by atoms with van der Waals surface area (Å²) in [5, 5.41) is 7.03. The quantitative estimate of drug-likeness (QED) is 0.723. The van der Waals surface area contributed by atoms with Crippen LogP contribution in [0.4, 0.5) is 5.69 Å². The van der Waals surface area contributed by atoms with Crippen molar-refractivity contribution < 1.29 is 4.79 Å². The second-order valence-electron chi connectivity index (χ2n) is 4.60. The molecule has 1 saturated heterocycles. The minimum Gasteiger partial charge on any atom is -0.385 e. The largest absolute Gasteiger partial charge is 0.385 e. The lowest BCUT2D eigenvalue weighted by Gasteiger charge is -2.35. The Morgan fingerprint density at radius 2 is 2.19 bits per heavy atom. The lowest BCUT2D eigenvalue weighted by Crippen LogP contribution is -2.35. The molecule has 1 unspecified atom stereocenters. The van der Waals surface area contributed by atoms with Crippen molar-refractivity contribution in [2.45, 2.75) is 18.3 Å². The molecule has 2 heterocycles. The van der Waals surface area contributed by atoms with Crippen LogP contribution in [-0.4, -0.2) is 19.0 Å². The Hall–Kier alpha value is -1.22. The van der Waals surface area contributed by atoms with Gasteiger partial charge in [-0.25, -0.2) is 0 Å². The number of hydrogen-bond acceptors (Lipinski definition) is 2. The molecule has 1 aromatic rings. The molecule has 0 aromatic heterocycles. The Bertz CT molecular complexity index is 460. The van der Waals surface area contributed by atoms with Gasteiger partial charge in [-0.15, -0.1) is 0 Å². The van der Waals surface area contributed by atoms with Gasteiger partial charge in [0.2, 0.25) is 5.91 Å². The minimum atomic E-state index is -0.0391. The fourth-order valence-corrected chi connectivity index (χ4v) is 2.92. The van der Waals surface area contributed by atoms with E-state index in [0.29, 0.717) is 6.42 Å². The molecule has 4 heteroatoms. The molecule has 0 radical (unpaired) electrons. The fraction of sp³-hybridized carbons (Fsp3) is 0.417. The summed E-state index contributed by atoms with van der Waals surface area (Å²) in [7, 11) is 0. The number of rotatable bonds is 0. The highest BCUT2D eigenvalue weighted by atomic mass is 35.5.